The lowest BCUT2D eigenvalue weighted by Gasteiger charge is -2.10. The summed E-state index contributed by atoms with van der Waals surface area (Å²) in [6, 6.07) is 16.5. The maximum atomic E-state index is 12.4. The number of hydrogen-bond donors (Lipinski definition) is 2. The van der Waals surface area contributed by atoms with Gasteiger partial charge in [-0.3, -0.25) is 14.6 Å². The van der Waals surface area contributed by atoms with E-state index >= 15 is 0 Å². The second kappa shape index (κ2) is 7.85. The molecule has 0 bridgehead atoms. The first-order valence-electron chi connectivity index (χ1n) is 8.79. The van der Waals surface area contributed by atoms with E-state index in [2.05, 4.69) is 10.3 Å². The molecule has 1 amide bonds. The van der Waals surface area contributed by atoms with Gasteiger partial charge in [0.2, 0.25) is 0 Å². The number of amides is 1. The van der Waals surface area contributed by atoms with Gasteiger partial charge >= 0.3 is 0 Å². The molecule has 0 fully saturated rings. The molecule has 2 heterocycles. The van der Waals surface area contributed by atoms with Gasteiger partial charge in [-0.05, 0) is 12.1 Å². The average molecular weight is 388 g/mol. The minimum absolute atomic E-state index is 0.0540. The number of hydrogen-bond acceptors (Lipinski definition) is 6. The summed E-state index contributed by atoms with van der Waals surface area (Å²) < 4.78 is 11.3. The van der Waals surface area contributed by atoms with Crippen LogP contribution in [0.15, 0.2) is 82.3 Å². The Labute approximate surface area is 165 Å². The summed E-state index contributed by atoms with van der Waals surface area (Å²) in [6.07, 6.45) is 3.12. The summed E-state index contributed by atoms with van der Waals surface area (Å²) >= 11 is 0. The van der Waals surface area contributed by atoms with Gasteiger partial charge in [0.25, 0.3) is 5.91 Å². The van der Waals surface area contributed by atoms with E-state index in [9.17, 15) is 14.7 Å². The quantitative estimate of drug-likeness (QED) is 0.542. The van der Waals surface area contributed by atoms with Gasteiger partial charge in [0, 0.05) is 41.8 Å². The fraction of sp³-hybridized carbons (Fsp3) is 0.0455. The van der Waals surface area contributed by atoms with E-state index in [0.29, 0.717) is 11.4 Å². The van der Waals surface area contributed by atoms with Crippen LogP contribution < -0.4 is 15.5 Å². The van der Waals surface area contributed by atoms with E-state index in [4.69, 9.17) is 9.15 Å². The third kappa shape index (κ3) is 4.08. The number of nitrogens with zero attached hydrogens (tertiary/aromatic N) is 1. The van der Waals surface area contributed by atoms with E-state index in [-0.39, 0.29) is 40.4 Å². The number of aromatic hydroxyl groups is 1. The molecule has 2 aromatic heterocycles. The number of anilines is 1. The van der Waals surface area contributed by atoms with Crippen LogP contribution in [0.1, 0.15) is 0 Å². The van der Waals surface area contributed by atoms with E-state index < -0.39 is 0 Å². The number of carbonyl (C=O) groups is 1. The molecular weight excluding hydrogens is 372 g/mol. The zero-order chi connectivity index (χ0) is 20.2. The van der Waals surface area contributed by atoms with Crippen molar-refractivity contribution in [3.63, 3.8) is 0 Å². The van der Waals surface area contributed by atoms with Crippen molar-refractivity contribution in [2.45, 2.75) is 0 Å². The van der Waals surface area contributed by atoms with Crippen LogP contribution in [0, 0.1) is 0 Å². The van der Waals surface area contributed by atoms with Gasteiger partial charge in [0.15, 0.2) is 12.0 Å². The molecule has 0 aliphatic heterocycles. The van der Waals surface area contributed by atoms with Crippen molar-refractivity contribution in [2.24, 2.45) is 0 Å². The first kappa shape index (κ1) is 18.2. The summed E-state index contributed by atoms with van der Waals surface area (Å²) in [7, 11) is 0. The van der Waals surface area contributed by atoms with E-state index in [1.165, 1.54) is 18.2 Å². The van der Waals surface area contributed by atoms with Crippen LogP contribution in [0.25, 0.3) is 22.3 Å². The van der Waals surface area contributed by atoms with Crippen molar-refractivity contribution in [1.82, 2.24) is 4.98 Å². The number of ether oxygens (including phenoxy) is 1. The van der Waals surface area contributed by atoms with Crippen molar-refractivity contribution >= 4 is 22.6 Å². The highest BCUT2D eigenvalue weighted by Crippen LogP contribution is 2.31. The number of nitrogens with one attached hydrogen (secondary N) is 1. The lowest BCUT2D eigenvalue weighted by molar-refractivity contribution is -0.118. The Morgan fingerprint density at radius 2 is 1.83 bits per heavy atom. The van der Waals surface area contributed by atoms with Gasteiger partial charge in [-0.2, -0.15) is 0 Å². The first-order chi connectivity index (χ1) is 14.1. The zero-order valence-corrected chi connectivity index (χ0v) is 15.2. The Kier molecular flexibility index (Phi) is 4.94. The van der Waals surface area contributed by atoms with Crippen molar-refractivity contribution in [2.75, 3.05) is 11.9 Å². The van der Waals surface area contributed by atoms with Gasteiger partial charge < -0.3 is 19.6 Å². The molecule has 4 rings (SSSR count). The molecule has 2 aromatic carbocycles. The molecule has 0 saturated heterocycles. The van der Waals surface area contributed by atoms with Crippen molar-refractivity contribution in [3.8, 4) is 22.8 Å². The van der Waals surface area contributed by atoms with E-state index in [1.807, 2.05) is 30.3 Å². The summed E-state index contributed by atoms with van der Waals surface area (Å²) in [6.45, 7) is -0.282. The monoisotopic (exact) mass is 388 g/mol. The van der Waals surface area contributed by atoms with Crippen LogP contribution in [0.2, 0.25) is 0 Å². The first-order valence-corrected chi connectivity index (χ1v) is 8.79. The molecule has 0 atom stereocenters. The van der Waals surface area contributed by atoms with E-state index in [1.54, 1.807) is 24.5 Å². The number of fused-ring (bicyclic) bond motifs is 1. The number of carbonyl (C=O) groups excluding carboxylic acids is 1. The third-order valence-corrected chi connectivity index (χ3v) is 4.18. The van der Waals surface area contributed by atoms with Gasteiger partial charge in [0.05, 0.1) is 0 Å². The fourth-order valence-electron chi connectivity index (χ4n) is 2.85. The van der Waals surface area contributed by atoms with Crippen LogP contribution in [-0.2, 0) is 4.79 Å². The van der Waals surface area contributed by atoms with Crippen LogP contribution in [0.4, 0.5) is 5.69 Å². The molecule has 4 aromatic rings. The lowest BCUT2D eigenvalue weighted by Crippen LogP contribution is -2.20. The van der Waals surface area contributed by atoms with Crippen LogP contribution in [-0.4, -0.2) is 22.6 Å². The molecule has 0 aliphatic rings. The number of benzene rings is 2. The Hall–Kier alpha value is -4.13. The second-order valence-electron chi connectivity index (χ2n) is 6.23. The Morgan fingerprint density at radius 3 is 2.59 bits per heavy atom. The number of pyridine rings is 1. The molecule has 0 saturated carbocycles. The van der Waals surface area contributed by atoms with Crippen LogP contribution >= 0.6 is 0 Å². The Bertz CT molecular complexity index is 1220. The van der Waals surface area contributed by atoms with Gasteiger partial charge in [-0.25, -0.2) is 0 Å². The zero-order valence-electron chi connectivity index (χ0n) is 15.2. The largest absolute Gasteiger partial charge is 0.507 e. The minimum atomic E-state index is -0.379. The third-order valence-electron chi connectivity index (χ3n) is 4.18. The predicted molar refractivity (Wildman–Crippen MR) is 108 cm³/mol. The SMILES string of the molecule is O=C(COc1cc(O)c2c(=O)cc(-c3ccccc3)oc2c1)Nc1ccncc1. The van der Waals surface area contributed by atoms with Gasteiger partial charge in [0.1, 0.15) is 28.2 Å². The molecular formula is C22H16N2O5. The fourth-order valence-corrected chi connectivity index (χ4v) is 2.85. The smallest absolute Gasteiger partial charge is 0.262 e. The molecule has 144 valence electrons. The highest BCUT2D eigenvalue weighted by molar-refractivity contribution is 5.92. The summed E-state index contributed by atoms with van der Waals surface area (Å²) in [4.78, 5) is 28.4. The van der Waals surface area contributed by atoms with Crippen molar-refractivity contribution in [3.05, 3.63) is 83.3 Å². The number of phenolic OH excluding ortho intramolecular Hbond substituents is 1. The molecule has 29 heavy (non-hydrogen) atoms. The summed E-state index contributed by atoms with van der Waals surface area (Å²) in [5.41, 5.74) is 1.12. The predicted octanol–water partition coefficient (Wildman–Crippen LogP) is 3.58. The van der Waals surface area contributed by atoms with Gasteiger partial charge in [-0.1, -0.05) is 30.3 Å². The van der Waals surface area contributed by atoms with Crippen molar-refractivity contribution < 1.29 is 19.1 Å². The maximum absolute atomic E-state index is 12.4. The van der Waals surface area contributed by atoms with Crippen LogP contribution in [0.3, 0.4) is 0 Å². The van der Waals surface area contributed by atoms with Crippen molar-refractivity contribution in [1.29, 1.82) is 0 Å². The molecule has 7 heteroatoms. The molecule has 0 unspecified atom stereocenters. The average Bonchev–Trinajstić information content (AvgIpc) is 2.73. The lowest BCUT2D eigenvalue weighted by atomic mass is 10.1. The highest BCUT2D eigenvalue weighted by atomic mass is 16.5. The number of phenols is 1. The second-order valence-corrected chi connectivity index (χ2v) is 6.23. The Morgan fingerprint density at radius 1 is 1.07 bits per heavy atom. The molecule has 0 spiro atoms. The van der Waals surface area contributed by atoms with Crippen LogP contribution in [0.5, 0.6) is 11.5 Å². The maximum Gasteiger partial charge on any atom is 0.262 e. The molecule has 0 radical (unpaired) electrons. The normalized spacial score (nSPS) is 10.6. The molecule has 2 N–H and O–H groups in total. The highest BCUT2D eigenvalue weighted by Gasteiger charge is 2.13. The standard InChI is InChI=1S/C22H16N2O5/c25-17-10-16(28-13-21(27)24-15-6-8-23-9-7-15)11-20-22(17)18(26)12-19(29-20)14-4-2-1-3-5-14/h1-12,25H,13H2,(H,23,24,27). The number of aromatic nitrogens is 1. The molecule has 0 aliphatic carbocycles. The summed E-state index contributed by atoms with van der Waals surface area (Å²) in [5, 5.41) is 13.0. The van der Waals surface area contributed by atoms with Gasteiger partial charge in [-0.15, -0.1) is 0 Å². The minimum Gasteiger partial charge on any atom is -0.507 e. The van der Waals surface area contributed by atoms with E-state index in [0.717, 1.165) is 5.56 Å². The summed E-state index contributed by atoms with van der Waals surface area (Å²) in [5.74, 6) is -0.0843. The Balaban J connectivity index is 1.59. The number of rotatable bonds is 5. The topological polar surface area (TPSA) is 102 Å². The molecule has 7 nitrogen and oxygen atoms in total.